The number of nitrogens with zero attached hydrogens (tertiary/aromatic N) is 1. The van der Waals surface area contributed by atoms with E-state index in [-0.39, 0.29) is 13.2 Å². The first kappa shape index (κ1) is 14.8. The van der Waals surface area contributed by atoms with Crippen molar-refractivity contribution in [1.82, 2.24) is 0 Å². The summed E-state index contributed by atoms with van der Waals surface area (Å²) >= 11 is 0. The van der Waals surface area contributed by atoms with Gasteiger partial charge in [-0.3, -0.25) is 0 Å². The third-order valence-corrected chi connectivity index (χ3v) is 2.55. The normalized spacial score (nSPS) is 12.8. The van der Waals surface area contributed by atoms with Crippen molar-refractivity contribution in [2.24, 2.45) is 5.73 Å². The first-order valence-electron chi connectivity index (χ1n) is 5.64. The lowest BCUT2D eigenvalue weighted by Gasteiger charge is -2.27. The molecule has 0 heterocycles. The maximum Gasteiger partial charge on any atom is 0.255 e. The fourth-order valence-corrected chi connectivity index (χ4v) is 1.78. The molecule has 0 aliphatic carbocycles. The molecule has 0 aromatic heterocycles. The minimum absolute atomic E-state index is 0.0513. The maximum atomic E-state index is 13.1. The molecule has 0 amide bonds. The Morgan fingerprint density at radius 2 is 2.06 bits per heavy atom. The highest BCUT2D eigenvalue weighted by Gasteiger charge is 2.17. The average molecular weight is 262 g/mol. The van der Waals surface area contributed by atoms with Crippen LogP contribution in [0.15, 0.2) is 18.2 Å². The number of hydrogen-bond acceptors (Lipinski definition) is 3. The van der Waals surface area contributed by atoms with Crippen LogP contribution >= 0.6 is 0 Å². The Hall–Kier alpha value is -1.27. The van der Waals surface area contributed by atoms with E-state index in [9.17, 15) is 13.2 Å². The minimum atomic E-state index is -2.54. The summed E-state index contributed by atoms with van der Waals surface area (Å²) in [6.07, 6.45) is -2.54. The number of alkyl halides is 2. The molecule has 1 atom stereocenters. The fraction of sp³-hybridized carbons (Fsp3) is 0.500. The van der Waals surface area contributed by atoms with Crippen molar-refractivity contribution in [1.29, 1.82) is 0 Å². The van der Waals surface area contributed by atoms with E-state index < -0.39 is 24.8 Å². The van der Waals surface area contributed by atoms with E-state index in [1.54, 1.807) is 6.92 Å². The number of anilines is 1. The molecule has 18 heavy (non-hydrogen) atoms. The molecule has 0 radical (unpaired) electrons. The summed E-state index contributed by atoms with van der Waals surface area (Å²) in [5.74, 6) is -0.466. The Kier molecular flexibility index (Phi) is 5.43. The molecular weight excluding hydrogens is 245 g/mol. The van der Waals surface area contributed by atoms with Gasteiger partial charge in [-0.1, -0.05) is 0 Å². The summed E-state index contributed by atoms with van der Waals surface area (Å²) in [6.45, 7) is 0.919. The molecule has 3 N–H and O–H groups in total. The van der Waals surface area contributed by atoms with Gasteiger partial charge in [0.15, 0.2) is 0 Å². The largest absolute Gasteiger partial charge is 0.395 e. The van der Waals surface area contributed by atoms with Gasteiger partial charge in [-0.2, -0.15) is 0 Å². The summed E-state index contributed by atoms with van der Waals surface area (Å²) in [6, 6.07) is 3.36. The van der Waals surface area contributed by atoms with Gasteiger partial charge in [-0.25, -0.2) is 13.2 Å². The number of aliphatic hydroxyl groups excluding tert-OH is 1. The lowest BCUT2D eigenvalue weighted by molar-refractivity contribution is 0.152. The third-order valence-electron chi connectivity index (χ3n) is 2.55. The maximum absolute atomic E-state index is 13.1. The predicted octanol–water partition coefficient (Wildman–Crippen LogP) is 1.91. The zero-order chi connectivity index (χ0) is 13.7. The number of benzene rings is 1. The first-order chi connectivity index (χ1) is 8.45. The molecule has 1 aromatic rings. The van der Waals surface area contributed by atoms with Crippen molar-refractivity contribution >= 4 is 5.69 Å². The number of halogens is 3. The monoisotopic (exact) mass is 262 g/mol. The average Bonchev–Trinajstić information content (AvgIpc) is 2.27. The standard InChI is InChI=1S/C12H17F3N2O/c1-8(16)10-6-9(13)2-3-11(10)17(4-5-18)7-12(14)15/h2-3,6,8,12,18H,4-5,7,16H2,1H3. The van der Waals surface area contributed by atoms with Gasteiger partial charge < -0.3 is 15.7 Å². The summed E-state index contributed by atoms with van der Waals surface area (Å²) in [5, 5.41) is 8.90. The van der Waals surface area contributed by atoms with Crippen molar-refractivity contribution < 1.29 is 18.3 Å². The zero-order valence-electron chi connectivity index (χ0n) is 10.1. The lowest BCUT2D eigenvalue weighted by atomic mass is 10.1. The van der Waals surface area contributed by atoms with Gasteiger partial charge in [0, 0.05) is 18.3 Å². The second kappa shape index (κ2) is 6.61. The van der Waals surface area contributed by atoms with Crippen LogP contribution in [0.5, 0.6) is 0 Å². The predicted molar refractivity (Wildman–Crippen MR) is 64.3 cm³/mol. The Bertz CT molecular complexity index is 386. The molecule has 102 valence electrons. The second-order valence-electron chi connectivity index (χ2n) is 4.05. The van der Waals surface area contributed by atoms with Gasteiger partial charge in [0.25, 0.3) is 6.43 Å². The molecule has 1 unspecified atom stereocenters. The quantitative estimate of drug-likeness (QED) is 0.823. The molecule has 0 spiro atoms. The van der Waals surface area contributed by atoms with Gasteiger partial charge in [0.05, 0.1) is 13.2 Å². The van der Waals surface area contributed by atoms with Gasteiger partial charge >= 0.3 is 0 Å². The van der Waals surface area contributed by atoms with Gasteiger partial charge in [-0.05, 0) is 30.7 Å². The van der Waals surface area contributed by atoms with Crippen LogP contribution in [0.3, 0.4) is 0 Å². The highest BCUT2D eigenvalue weighted by molar-refractivity contribution is 5.55. The Labute approximate surface area is 104 Å². The highest BCUT2D eigenvalue weighted by Crippen LogP contribution is 2.26. The fourth-order valence-electron chi connectivity index (χ4n) is 1.78. The molecular formula is C12H17F3N2O. The van der Waals surface area contributed by atoms with Crippen LogP contribution in [0.2, 0.25) is 0 Å². The Balaban J connectivity index is 3.09. The van der Waals surface area contributed by atoms with E-state index in [1.807, 2.05) is 0 Å². The smallest absolute Gasteiger partial charge is 0.255 e. The molecule has 1 aromatic carbocycles. The summed E-state index contributed by atoms with van der Waals surface area (Å²) in [5.41, 5.74) is 6.58. The van der Waals surface area contributed by atoms with Crippen LogP contribution in [-0.2, 0) is 0 Å². The van der Waals surface area contributed by atoms with Crippen molar-refractivity contribution in [3.63, 3.8) is 0 Å². The summed E-state index contributed by atoms with van der Waals surface area (Å²) in [7, 11) is 0. The van der Waals surface area contributed by atoms with E-state index >= 15 is 0 Å². The van der Waals surface area contributed by atoms with Crippen LogP contribution in [0, 0.1) is 5.82 Å². The Morgan fingerprint density at radius 3 is 2.56 bits per heavy atom. The van der Waals surface area contributed by atoms with E-state index in [0.29, 0.717) is 11.3 Å². The van der Waals surface area contributed by atoms with Crippen LogP contribution in [-0.4, -0.2) is 31.2 Å². The van der Waals surface area contributed by atoms with Crippen LogP contribution in [0.25, 0.3) is 0 Å². The minimum Gasteiger partial charge on any atom is -0.395 e. The molecule has 0 aliphatic rings. The molecule has 1 rings (SSSR count). The third kappa shape index (κ3) is 3.89. The molecule has 0 fully saturated rings. The SMILES string of the molecule is CC(N)c1cc(F)ccc1N(CCO)CC(F)F. The van der Waals surface area contributed by atoms with Crippen molar-refractivity contribution in [3.05, 3.63) is 29.6 Å². The molecule has 6 heteroatoms. The zero-order valence-corrected chi connectivity index (χ0v) is 10.1. The van der Waals surface area contributed by atoms with Crippen LogP contribution in [0.1, 0.15) is 18.5 Å². The van der Waals surface area contributed by atoms with E-state index in [4.69, 9.17) is 10.8 Å². The topological polar surface area (TPSA) is 49.5 Å². The number of hydrogen-bond donors (Lipinski definition) is 2. The van der Waals surface area contributed by atoms with Crippen molar-refractivity contribution in [3.8, 4) is 0 Å². The van der Waals surface area contributed by atoms with E-state index in [0.717, 1.165) is 0 Å². The highest BCUT2D eigenvalue weighted by atomic mass is 19.3. The summed E-state index contributed by atoms with van der Waals surface area (Å²) in [4.78, 5) is 1.31. The first-order valence-corrected chi connectivity index (χ1v) is 5.64. The summed E-state index contributed by atoms with van der Waals surface area (Å²) < 4.78 is 38.1. The van der Waals surface area contributed by atoms with E-state index in [2.05, 4.69) is 0 Å². The number of nitrogens with two attached hydrogens (primary N) is 1. The van der Waals surface area contributed by atoms with E-state index in [1.165, 1.54) is 23.1 Å². The molecule has 3 nitrogen and oxygen atoms in total. The van der Waals surface area contributed by atoms with Crippen molar-refractivity contribution in [2.45, 2.75) is 19.4 Å². The van der Waals surface area contributed by atoms with Gasteiger partial charge in [-0.15, -0.1) is 0 Å². The number of aliphatic hydroxyl groups is 1. The lowest BCUT2D eigenvalue weighted by Crippen LogP contribution is -2.33. The number of rotatable bonds is 6. The Morgan fingerprint density at radius 1 is 1.39 bits per heavy atom. The van der Waals surface area contributed by atoms with Crippen molar-refractivity contribution in [2.75, 3.05) is 24.6 Å². The second-order valence-corrected chi connectivity index (χ2v) is 4.05. The van der Waals surface area contributed by atoms with Gasteiger partial charge in [0.2, 0.25) is 0 Å². The molecule has 0 saturated carbocycles. The van der Waals surface area contributed by atoms with Gasteiger partial charge in [0.1, 0.15) is 5.82 Å². The molecule has 0 bridgehead atoms. The molecule has 0 aliphatic heterocycles. The molecule has 0 saturated heterocycles. The van der Waals surface area contributed by atoms with Crippen LogP contribution < -0.4 is 10.6 Å². The van der Waals surface area contributed by atoms with Crippen LogP contribution in [0.4, 0.5) is 18.9 Å².